The molecule has 0 fully saturated rings. The van der Waals surface area contributed by atoms with Gasteiger partial charge in [0.15, 0.2) is 0 Å². The van der Waals surface area contributed by atoms with Crippen LogP contribution in [-0.2, 0) is 10.8 Å². The molecule has 0 bridgehead atoms. The lowest BCUT2D eigenvalue weighted by molar-refractivity contribution is 0.416. The van der Waals surface area contributed by atoms with Crippen LogP contribution in [0, 0.1) is 0 Å². The molecule has 0 aliphatic heterocycles. The SMILES string of the molecule is COc1ccccc1-c1cccc(Nc2cc(C(C)(C)C)cc(C(C)(C)C)c2)c1. The molecular formula is C27H33NO. The van der Waals surface area contributed by atoms with Gasteiger partial charge in [-0.2, -0.15) is 0 Å². The summed E-state index contributed by atoms with van der Waals surface area (Å²) < 4.78 is 5.54. The van der Waals surface area contributed by atoms with E-state index in [1.54, 1.807) is 7.11 Å². The molecule has 2 heteroatoms. The van der Waals surface area contributed by atoms with Crippen molar-refractivity contribution >= 4 is 11.4 Å². The van der Waals surface area contributed by atoms with Gasteiger partial charge >= 0.3 is 0 Å². The number of nitrogens with one attached hydrogen (secondary N) is 1. The molecule has 0 aliphatic carbocycles. The minimum atomic E-state index is 0.0942. The van der Waals surface area contributed by atoms with Crippen LogP contribution in [0.5, 0.6) is 5.75 Å². The normalized spacial score (nSPS) is 12.0. The van der Waals surface area contributed by atoms with Gasteiger partial charge in [0.25, 0.3) is 0 Å². The largest absolute Gasteiger partial charge is 0.496 e. The minimum Gasteiger partial charge on any atom is -0.496 e. The fourth-order valence-corrected chi connectivity index (χ4v) is 3.38. The van der Waals surface area contributed by atoms with E-state index in [2.05, 4.69) is 95.4 Å². The van der Waals surface area contributed by atoms with Gasteiger partial charge in [0, 0.05) is 16.9 Å². The van der Waals surface area contributed by atoms with Gasteiger partial charge in [-0.05, 0) is 57.9 Å². The highest BCUT2D eigenvalue weighted by Gasteiger charge is 2.20. The van der Waals surface area contributed by atoms with Crippen LogP contribution in [0.15, 0.2) is 66.7 Å². The summed E-state index contributed by atoms with van der Waals surface area (Å²) in [7, 11) is 1.72. The Balaban J connectivity index is 2.00. The van der Waals surface area contributed by atoms with E-state index >= 15 is 0 Å². The molecule has 0 heterocycles. The maximum atomic E-state index is 5.54. The summed E-state index contributed by atoms with van der Waals surface area (Å²) in [5.41, 5.74) is 7.29. The average Bonchev–Trinajstić information content (AvgIpc) is 2.66. The van der Waals surface area contributed by atoms with Crippen molar-refractivity contribution in [3.63, 3.8) is 0 Å². The van der Waals surface area contributed by atoms with Crippen LogP contribution in [0.3, 0.4) is 0 Å². The van der Waals surface area contributed by atoms with Crippen molar-refractivity contribution in [3.8, 4) is 16.9 Å². The quantitative estimate of drug-likeness (QED) is 0.495. The third kappa shape index (κ3) is 5.00. The van der Waals surface area contributed by atoms with E-state index in [1.165, 1.54) is 11.1 Å². The number of ether oxygens (including phenoxy) is 1. The molecular weight excluding hydrogens is 354 g/mol. The van der Waals surface area contributed by atoms with Crippen molar-refractivity contribution in [2.45, 2.75) is 52.4 Å². The molecule has 3 rings (SSSR count). The molecule has 0 saturated heterocycles. The molecule has 0 saturated carbocycles. The summed E-state index contributed by atoms with van der Waals surface area (Å²) in [6, 6.07) is 23.5. The summed E-state index contributed by atoms with van der Waals surface area (Å²) in [4.78, 5) is 0. The zero-order chi connectivity index (χ0) is 21.2. The standard InChI is InChI=1S/C27H33NO/c1-26(2,3)20-16-21(27(4,5)6)18-23(17-20)28-22-12-10-11-19(15-22)24-13-8-9-14-25(24)29-7/h8-18,28H,1-7H3. The zero-order valence-electron chi connectivity index (χ0n) is 18.8. The van der Waals surface area contributed by atoms with Crippen molar-refractivity contribution in [1.82, 2.24) is 0 Å². The molecule has 0 unspecified atom stereocenters. The van der Waals surface area contributed by atoms with Crippen molar-refractivity contribution in [2.75, 3.05) is 12.4 Å². The topological polar surface area (TPSA) is 21.3 Å². The van der Waals surface area contributed by atoms with Gasteiger partial charge in [0.05, 0.1) is 7.11 Å². The van der Waals surface area contributed by atoms with Gasteiger partial charge in [0.1, 0.15) is 5.75 Å². The monoisotopic (exact) mass is 387 g/mol. The predicted molar refractivity (Wildman–Crippen MR) is 126 cm³/mol. The Labute approximate surface area is 175 Å². The maximum Gasteiger partial charge on any atom is 0.126 e. The Bertz CT molecular complexity index is 958. The number of para-hydroxylation sites is 1. The van der Waals surface area contributed by atoms with Gasteiger partial charge in [0.2, 0.25) is 0 Å². The van der Waals surface area contributed by atoms with Crippen LogP contribution < -0.4 is 10.1 Å². The summed E-state index contributed by atoms with van der Waals surface area (Å²) in [6.07, 6.45) is 0. The number of hydrogen-bond donors (Lipinski definition) is 1. The highest BCUT2D eigenvalue weighted by Crippen LogP contribution is 2.35. The summed E-state index contributed by atoms with van der Waals surface area (Å²) in [5, 5.41) is 3.64. The first-order valence-corrected chi connectivity index (χ1v) is 10.2. The van der Waals surface area contributed by atoms with E-state index in [-0.39, 0.29) is 10.8 Å². The molecule has 3 aromatic carbocycles. The van der Waals surface area contributed by atoms with Gasteiger partial charge in [-0.15, -0.1) is 0 Å². The molecule has 0 aliphatic rings. The molecule has 0 radical (unpaired) electrons. The van der Waals surface area contributed by atoms with Crippen LogP contribution in [0.2, 0.25) is 0 Å². The van der Waals surface area contributed by atoms with Crippen LogP contribution in [0.25, 0.3) is 11.1 Å². The average molecular weight is 388 g/mol. The number of rotatable bonds is 4. The third-order valence-electron chi connectivity index (χ3n) is 5.23. The van der Waals surface area contributed by atoms with Crippen molar-refractivity contribution in [2.24, 2.45) is 0 Å². The van der Waals surface area contributed by atoms with Crippen LogP contribution in [0.4, 0.5) is 11.4 Å². The summed E-state index contributed by atoms with van der Waals surface area (Å²) >= 11 is 0. The molecule has 0 atom stereocenters. The van der Waals surface area contributed by atoms with Crippen molar-refractivity contribution in [3.05, 3.63) is 77.9 Å². The first-order valence-electron chi connectivity index (χ1n) is 10.2. The second kappa shape index (κ2) is 7.94. The highest BCUT2D eigenvalue weighted by atomic mass is 16.5. The second-order valence-corrected chi connectivity index (χ2v) is 9.71. The van der Waals surface area contributed by atoms with Gasteiger partial charge < -0.3 is 10.1 Å². The Morgan fingerprint density at radius 1 is 0.655 bits per heavy atom. The summed E-state index contributed by atoms with van der Waals surface area (Å²) in [6.45, 7) is 13.6. The Hall–Kier alpha value is -2.74. The van der Waals surface area contributed by atoms with Crippen LogP contribution in [-0.4, -0.2) is 7.11 Å². The molecule has 0 amide bonds. The zero-order valence-corrected chi connectivity index (χ0v) is 18.8. The molecule has 2 nitrogen and oxygen atoms in total. The minimum absolute atomic E-state index is 0.0942. The fourth-order valence-electron chi connectivity index (χ4n) is 3.38. The second-order valence-electron chi connectivity index (χ2n) is 9.71. The van der Waals surface area contributed by atoms with Gasteiger partial charge in [-0.3, -0.25) is 0 Å². The molecule has 0 spiro atoms. The van der Waals surface area contributed by atoms with Crippen molar-refractivity contribution in [1.29, 1.82) is 0 Å². The number of benzene rings is 3. The van der Waals surface area contributed by atoms with E-state index < -0.39 is 0 Å². The molecule has 0 aromatic heterocycles. The fraction of sp³-hybridized carbons (Fsp3) is 0.333. The van der Waals surface area contributed by atoms with E-state index in [9.17, 15) is 0 Å². The lowest BCUT2D eigenvalue weighted by Crippen LogP contribution is -2.16. The lowest BCUT2D eigenvalue weighted by Gasteiger charge is -2.26. The first-order chi connectivity index (χ1) is 13.6. The molecule has 1 N–H and O–H groups in total. The highest BCUT2D eigenvalue weighted by molar-refractivity contribution is 5.75. The number of hydrogen-bond acceptors (Lipinski definition) is 2. The van der Waals surface area contributed by atoms with Crippen molar-refractivity contribution < 1.29 is 4.74 Å². The number of anilines is 2. The van der Waals surface area contributed by atoms with Crippen LogP contribution >= 0.6 is 0 Å². The molecule has 3 aromatic rings. The predicted octanol–water partition coefficient (Wildman–Crippen LogP) is 7.70. The third-order valence-corrected chi connectivity index (χ3v) is 5.23. The van der Waals surface area contributed by atoms with E-state index in [1.807, 2.05) is 18.2 Å². The van der Waals surface area contributed by atoms with E-state index in [4.69, 9.17) is 4.74 Å². The van der Waals surface area contributed by atoms with E-state index in [0.29, 0.717) is 0 Å². The lowest BCUT2D eigenvalue weighted by atomic mass is 9.80. The van der Waals surface area contributed by atoms with Crippen LogP contribution in [0.1, 0.15) is 52.7 Å². The number of methoxy groups -OCH3 is 1. The molecule has 29 heavy (non-hydrogen) atoms. The first kappa shape index (κ1) is 21.0. The molecule has 152 valence electrons. The maximum absolute atomic E-state index is 5.54. The smallest absolute Gasteiger partial charge is 0.126 e. The Morgan fingerprint density at radius 3 is 1.86 bits per heavy atom. The Morgan fingerprint density at radius 2 is 1.28 bits per heavy atom. The summed E-state index contributed by atoms with van der Waals surface area (Å²) in [5.74, 6) is 0.884. The van der Waals surface area contributed by atoms with E-state index in [0.717, 1.165) is 28.3 Å². The van der Waals surface area contributed by atoms with Gasteiger partial charge in [-0.25, -0.2) is 0 Å². The van der Waals surface area contributed by atoms with Gasteiger partial charge in [-0.1, -0.05) is 77.9 Å². The Kier molecular flexibility index (Phi) is 5.75.